The van der Waals surface area contributed by atoms with E-state index < -0.39 is 0 Å². The van der Waals surface area contributed by atoms with E-state index in [0.717, 1.165) is 30.2 Å². The molecule has 0 aliphatic heterocycles. The van der Waals surface area contributed by atoms with Gasteiger partial charge >= 0.3 is 0 Å². The second kappa shape index (κ2) is 10.7. The number of amides is 1. The van der Waals surface area contributed by atoms with E-state index in [2.05, 4.69) is 41.4 Å². The normalized spacial score (nSPS) is 10.3. The van der Waals surface area contributed by atoms with E-state index >= 15 is 0 Å². The number of rotatable bonds is 10. The van der Waals surface area contributed by atoms with Crippen LogP contribution >= 0.6 is 11.8 Å². The van der Waals surface area contributed by atoms with Gasteiger partial charge in [0.15, 0.2) is 0 Å². The SMILES string of the molecule is CCN(CCCNC(=O)CSc1cccc(OC)c1)c1ccccc1. The van der Waals surface area contributed by atoms with Crippen LogP contribution in [0.3, 0.4) is 0 Å². The summed E-state index contributed by atoms with van der Waals surface area (Å²) in [5.41, 5.74) is 1.23. The van der Waals surface area contributed by atoms with Gasteiger partial charge in [-0.2, -0.15) is 0 Å². The average molecular weight is 359 g/mol. The molecule has 1 N–H and O–H groups in total. The molecule has 5 heteroatoms. The number of nitrogens with one attached hydrogen (secondary N) is 1. The second-order valence-corrected chi connectivity index (χ2v) is 6.64. The molecule has 0 fully saturated rings. The first-order chi connectivity index (χ1) is 12.2. The number of anilines is 1. The molecule has 0 aromatic heterocycles. The summed E-state index contributed by atoms with van der Waals surface area (Å²) in [4.78, 5) is 15.3. The number of benzene rings is 2. The summed E-state index contributed by atoms with van der Waals surface area (Å²) >= 11 is 1.52. The Morgan fingerprint density at radius 3 is 2.68 bits per heavy atom. The Kier molecular flexibility index (Phi) is 8.19. The van der Waals surface area contributed by atoms with Crippen LogP contribution in [0, 0.1) is 0 Å². The van der Waals surface area contributed by atoms with Crippen LogP contribution in [-0.2, 0) is 4.79 Å². The van der Waals surface area contributed by atoms with Gasteiger partial charge in [0.05, 0.1) is 12.9 Å². The summed E-state index contributed by atoms with van der Waals surface area (Å²) < 4.78 is 5.19. The fourth-order valence-electron chi connectivity index (χ4n) is 2.50. The van der Waals surface area contributed by atoms with E-state index in [1.165, 1.54) is 17.4 Å². The van der Waals surface area contributed by atoms with Crippen LogP contribution in [-0.4, -0.2) is 38.4 Å². The number of nitrogens with zero attached hydrogens (tertiary/aromatic N) is 1. The monoisotopic (exact) mass is 358 g/mol. The number of carbonyl (C=O) groups excluding carboxylic acids is 1. The lowest BCUT2D eigenvalue weighted by atomic mass is 10.2. The highest BCUT2D eigenvalue weighted by atomic mass is 32.2. The van der Waals surface area contributed by atoms with Gasteiger partial charge in [0, 0.05) is 30.2 Å². The average Bonchev–Trinajstić information content (AvgIpc) is 2.67. The lowest BCUT2D eigenvalue weighted by molar-refractivity contribution is -0.118. The smallest absolute Gasteiger partial charge is 0.230 e. The van der Waals surface area contributed by atoms with Gasteiger partial charge in [-0.15, -0.1) is 11.8 Å². The molecule has 2 aromatic rings. The predicted octanol–water partition coefficient (Wildman–Crippen LogP) is 3.82. The van der Waals surface area contributed by atoms with Crippen LogP contribution in [0.4, 0.5) is 5.69 Å². The third-order valence-electron chi connectivity index (χ3n) is 3.84. The molecule has 0 aliphatic rings. The van der Waals surface area contributed by atoms with Crippen LogP contribution in [0.25, 0.3) is 0 Å². The highest BCUT2D eigenvalue weighted by Gasteiger charge is 2.05. The topological polar surface area (TPSA) is 41.6 Å². The molecule has 0 aliphatic carbocycles. The van der Waals surface area contributed by atoms with Crippen LogP contribution in [0.15, 0.2) is 59.5 Å². The van der Waals surface area contributed by atoms with E-state index in [1.807, 2.05) is 30.3 Å². The summed E-state index contributed by atoms with van der Waals surface area (Å²) in [7, 11) is 1.64. The zero-order valence-corrected chi connectivity index (χ0v) is 15.7. The van der Waals surface area contributed by atoms with E-state index in [1.54, 1.807) is 7.11 Å². The van der Waals surface area contributed by atoms with Crippen LogP contribution < -0.4 is 15.0 Å². The van der Waals surface area contributed by atoms with Crippen molar-refractivity contribution in [2.75, 3.05) is 37.4 Å². The van der Waals surface area contributed by atoms with Crippen molar-refractivity contribution in [1.82, 2.24) is 5.32 Å². The molecular weight excluding hydrogens is 332 g/mol. The predicted molar refractivity (Wildman–Crippen MR) is 106 cm³/mol. The summed E-state index contributed by atoms with van der Waals surface area (Å²) in [6, 6.07) is 18.1. The number of carbonyl (C=O) groups is 1. The second-order valence-electron chi connectivity index (χ2n) is 5.59. The van der Waals surface area contributed by atoms with Crippen LogP contribution in [0.1, 0.15) is 13.3 Å². The molecule has 0 unspecified atom stereocenters. The fraction of sp³-hybridized carbons (Fsp3) is 0.350. The van der Waals surface area contributed by atoms with Gasteiger partial charge in [0.25, 0.3) is 0 Å². The standard InChI is InChI=1S/C20H26N2O2S/c1-3-22(17-9-5-4-6-10-17)14-8-13-21-20(23)16-25-19-12-7-11-18(15-19)24-2/h4-7,9-12,15H,3,8,13-14,16H2,1-2H3,(H,21,23). The van der Waals surface area contributed by atoms with Crippen molar-refractivity contribution in [3.8, 4) is 5.75 Å². The number of para-hydroxylation sites is 1. The minimum Gasteiger partial charge on any atom is -0.497 e. The van der Waals surface area contributed by atoms with E-state index in [0.29, 0.717) is 12.3 Å². The Morgan fingerprint density at radius 2 is 1.96 bits per heavy atom. The highest BCUT2D eigenvalue weighted by molar-refractivity contribution is 8.00. The molecule has 2 aromatic carbocycles. The van der Waals surface area contributed by atoms with Crippen LogP contribution in [0.2, 0.25) is 0 Å². The maximum absolute atomic E-state index is 12.0. The Hall–Kier alpha value is -2.14. The Bertz CT molecular complexity index is 649. The Morgan fingerprint density at radius 1 is 1.16 bits per heavy atom. The molecule has 0 bridgehead atoms. The van der Waals surface area contributed by atoms with Crippen molar-refractivity contribution in [3.63, 3.8) is 0 Å². The molecule has 4 nitrogen and oxygen atoms in total. The lowest BCUT2D eigenvalue weighted by Crippen LogP contribution is -2.30. The minimum absolute atomic E-state index is 0.0654. The van der Waals surface area contributed by atoms with Gasteiger partial charge in [-0.3, -0.25) is 4.79 Å². The van der Waals surface area contributed by atoms with Gasteiger partial charge in [0.2, 0.25) is 5.91 Å². The third kappa shape index (κ3) is 6.70. The molecule has 25 heavy (non-hydrogen) atoms. The highest BCUT2D eigenvalue weighted by Crippen LogP contribution is 2.22. The Labute approximate surface area is 154 Å². The molecule has 0 radical (unpaired) electrons. The molecule has 0 spiro atoms. The Balaban J connectivity index is 1.66. The zero-order chi connectivity index (χ0) is 17.9. The third-order valence-corrected chi connectivity index (χ3v) is 4.83. The van der Waals surface area contributed by atoms with Crippen molar-refractivity contribution in [1.29, 1.82) is 0 Å². The van der Waals surface area contributed by atoms with E-state index in [-0.39, 0.29) is 5.91 Å². The van der Waals surface area contributed by atoms with Crippen molar-refractivity contribution in [2.45, 2.75) is 18.2 Å². The summed E-state index contributed by atoms with van der Waals surface area (Å²) in [6.45, 7) is 4.74. The van der Waals surface area contributed by atoms with E-state index in [9.17, 15) is 4.79 Å². The summed E-state index contributed by atoms with van der Waals surface area (Å²) in [5.74, 6) is 1.30. The maximum atomic E-state index is 12.0. The summed E-state index contributed by atoms with van der Waals surface area (Å²) in [5, 5.41) is 2.99. The van der Waals surface area contributed by atoms with Gasteiger partial charge in [-0.05, 0) is 43.7 Å². The molecule has 0 saturated carbocycles. The quantitative estimate of drug-likeness (QED) is 0.518. The number of ether oxygens (including phenoxy) is 1. The molecule has 2 rings (SSSR count). The van der Waals surface area contributed by atoms with Gasteiger partial charge in [-0.25, -0.2) is 0 Å². The minimum atomic E-state index is 0.0654. The fourth-order valence-corrected chi connectivity index (χ4v) is 3.27. The number of hydrogen-bond acceptors (Lipinski definition) is 4. The molecule has 0 heterocycles. The van der Waals surface area contributed by atoms with Crippen molar-refractivity contribution >= 4 is 23.4 Å². The number of thioether (sulfide) groups is 1. The summed E-state index contributed by atoms with van der Waals surface area (Å²) in [6.07, 6.45) is 0.929. The molecular formula is C20H26N2O2S. The van der Waals surface area contributed by atoms with Gasteiger partial charge in [0.1, 0.15) is 5.75 Å². The maximum Gasteiger partial charge on any atom is 0.230 e. The first-order valence-electron chi connectivity index (χ1n) is 8.56. The van der Waals surface area contributed by atoms with Gasteiger partial charge in [-0.1, -0.05) is 24.3 Å². The molecule has 0 atom stereocenters. The molecule has 1 amide bonds. The van der Waals surface area contributed by atoms with Crippen molar-refractivity contribution in [3.05, 3.63) is 54.6 Å². The first-order valence-corrected chi connectivity index (χ1v) is 9.55. The number of hydrogen-bond donors (Lipinski definition) is 1. The molecule has 134 valence electrons. The largest absolute Gasteiger partial charge is 0.497 e. The van der Waals surface area contributed by atoms with Crippen molar-refractivity contribution < 1.29 is 9.53 Å². The first kappa shape index (κ1) is 19.2. The van der Waals surface area contributed by atoms with Gasteiger partial charge < -0.3 is 15.0 Å². The zero-order valence-electron chi connectivity index (χ0n) is 14.9. The lowest BCUT2D eigenvalue weighted by Gasteiger charge is -2.23. The van der Waals surface area contributed by atoms with Crippen LogP contribution in [0.5, 0.6) is 5.75 Å². The van der Waals surface area contributed by atoms with E-state index in [4.69, 9.17) is 4.74 Å². The van der Waals surface area contributed by atoms with Crippen molar-refractivity contribution in [2.24, 2.45) is 0 Å². The molecule has 0 saturated heterocycles. The number of methoxy groups -OCH3 is 1.